The fourth-order valence-electron chi connectivity index (χ4n) is 1.34. The summed E-state index contributed by atoms with van der Waals surface area (Å²) < 4.78 is -0.928. The molecule has 1 N–H and O–H groups in total. The van der Waals surface area contributed by atoms with Gasteiger partial charge in [-0.3, -0.25) is 9.59 Å². The van der Waals surface area contributed by atoms with Crippen LogP contribution in [0.25, 0.3) is 0 Å². The van der Waals surface area contributed by atoms with Gasteiger partial charge in [-0.1, -0.05) is 0 Å². The minimum atomic E-state index is -0.928. The maximum atomic E-state index is 11.9. The number of carbonyl (C=O) groups excluding carboxylic acids is 1. The molecule has 94 valence electrons. The van der Waals surface area contributed by atoms with Gasteiger partial charge in [-0.15, -0.1) is 11.8 Å². The van der Waals surface area contributed by atoms with Crippen molar-refractivity contribution in [2.75, 3.05) is 13.1 Å². The molecule has 16 heavy (non-hydrogen) atoms. The minimum absolute atomic E-state index is 0.00400. The third kappa shape index (κ3) is 4.04. The molecule has 0 aliphatic rings. The van der Waals surface area contributed by atoms with Gasteiger partial charge in [0.15, 0.2) is 0 Å². The van der Waals surface area contributed by atoms with Gasteiger partial charge in [-0.25, -0.2) is 0 Å². The molecule has 0 bridgehead atoms. The van der Waals surface area contributed by atoms with Gasteiger partial charge >= 0.3 is 5.97 Å². The summed E-state index contributed by atoms with van der Waals surface area (Å²) in [6.07, 6.45) is 0. The zero-order valence-corrected chi connectivity index (χ0v) is 11.4. The standard InChI is InChI=1S/C11H21NO3S/c1-6-12(7-2)9(13)8(3)16-11(4,5)10(14)15/h8H,6-7H2,1-5H3,(H,14,15). The van der Waals surface area contributed by atoms with Gasteiger partial charge in [0, 0.05) is 13.1 Å². The molecular weight excluding hydrogens is 226 g/mol. The Morgan fingerprint density at radius 2 is 1.75 bits per heavy atom. The van der Waals surface area contributed by atoms with Crippen LogP contribution >= 0.6 is 11.8 Å². The van der Waals surface area contributed by atoms with Gasteiger partial charge < -0.3 is 10.0 Å². The first-order chi connectivity index (χ1) is 7.26. The predicted molar refractivity (Wildman–Crippen MR) is 66.7 cm³/mol. The van der Waals surface area contributed by atoms with Crippen molar-refractivity contribution in [3.8, 4) is 0 Å². The fourth-order valence-corrected chi connectivity index (χ4v) is 2.57. The van der Waals surface area contributed by atoms with Crippen LogP contribution in [0.4, 0.5) is 0 Å². The molecule has 0 aromatic heterocycles. The summed E-state index contributed by atoms with van der Waals surface area (Å²) in [5, 5.41) is 8.65. The fraction of sp³-hybridized carbons (Fsp3) is 0.818. The van der Waals surface area contributed by atoms with Crippen LogP contribution in [0.3, 0.4) is 0 Å². The molecule has 5 heteroatoms. The molecule has 0 aliphatic carbocycles. The highest BCUT2D eigenvalue weighted by atomic mass is 32.2. The van der Waals surface area contributed by atoms with Crippen LogP contribution in [0.1, 0.15) is 34.6 Å². The number of thioether (sulfide) groups is 1. The summed E-state index contributed by atoms with van der Waals surface area (Å²) in [5.74, 6) is -0.888. The third-order valence-electron chi connectivity index (χ3n) is 2.41. The van der Waals surface area contributed by atoms with Crippen molar-refractivity contribution in [2.45, 2.75) is 44.6 Å². The normalized spacial score (nSPS) is 13.3. The van der Waals surface area contributed by atoms with E-state index in [2.05, 4.69) is 0 Å². The van der Waals surface area contributed by atoms with Crippen molar-refractivity contribution in [1.29, 1.82) is 0 Å². The number of hydrogen-bond acceptors (Lipinski definition) is 3. The van der Waals surface area contributed by atoms with E-state index in [1.807, 2.05) is 13.8 Å². The summed E-state index contributed by atoms with van der Waals surface area (Å²) in [5.41, 5.74) is 0. The highest BCUT2D eigenvalue weighted by Crippen LogP contribution is 2.29. The van der Waals surface area contributed by atoms with Crippen LogP contribution in [0.2, 0.25) is 0 Å². The summed E-state index contributed by atoms with van der Waals surface area (Å²) >= 11 is 1.19. The molecular formula is C11H21NO3S. The van der Waals surface area contributed by atoms with E-state index in [1.54, 1.807) is 25.7 Å². The van der Waals surface area contributed by atoms with E-state index in [0.29, 0.717) is 13.1 Å². The first-order valence-electron chi connectivity index (χ1n) is 5.46. The lowest BCUT2D eigenvalue weighted by Gasteiger charge is -2.27. The Balaban J connectivity index is 4.52. The molecule has 0 radical (unpaired) electrons. The molecule has 1 amide bonds. The average Bonchev–Trinajstić information content (AvgIpc) is 2.18. The summed E-state index contributed by atoms with van der Waals surface area (Å²) in [4.78, 5) is 24.6. The van der Waals surface area contributed by atoms with Crippen LogP contribution < -0.4 is 0 Å². The van der Waals surface area contributed by atoms with Gasteiger partial charge in [0.2, 0.25) is 5.91 Å². The number of carbonyl (C=O) groups is 2. The van der Waals surface area contributed by atoms with Crippen LogP contribution in [0.5, 0.6) is 0 Å². The van der Waals surface area contributed by atoms with E-state index >= 15 is 0 Å². The monoisotopic (exact) mass is 247 g/mol. The van der Waals surface area contributed by atoms with Crippen LogP contribution in [-0.4, -0.2) is 45.0 Å². The molecule has 0 aromatic carbocycles. The van der Waals surface area contributed by atoms with Crippen molar-refractivity contribution >= 4 is 23.6 Å². The number of carboxylic acids is 1. The van der Waals surface area contributed by atoms with Crippen molar-refractivity contribution in [1.82, 2.24) is 4.90 Å². The second-order valence-electron chi connectivity index (χ2n) is 4.09. The van der Waals surface area contributed by atoms with E-state index in [0.717, 1.165) is 0 Å². The lowest BCUT2D eigenvalue weighted by Crippen LogP contribution is -2.39. The van der Waals surface area contributed by atoms with Gasteiger partial charge in [0.1, 0.15) is 4.75 Å². The number of carboxylic acid groups (broad SMARTS) is 1. The Bertz CT molecular complexity index is 262. The predicted octanol–water partition coefficient (Wildman–Crippen LogP) is 1.84. The second-order valence-corrected chi connectivity index (χ2v) is 6.05. The molecule has 0 spiro atoms. The SMILES string of the molecule is CCN(CC)C(=O)C(C)SC(C)(C)C(=O)O. The molecule has 4 nitrogen and oxygen atoms in total. The Morgan fingerprint density at radius 3 is 2.06 bits per heavy atom. The molecule has 0 aromatic rings. The number of rotatable bonds is 6. The third-order valence-corrected chi connectivity index (χ3v) is 3.73. The maximum Gasteiger partial charge on any atom is 0.319 e. The molecule has 0 saturated heterocycles. The van der Waals surface area contributed by atoms with Crippen molar-refractivity contribution in [3.63, 3.8) is 0 Å². The summed E-state index contributed by atoms with van der Waals surface area (Å²) in [7, 11) is 0. The molecule has 1 unspecified atom stereocenters. The van der Waals surface area contributed by atoms with E-state index in [4.69, 9.17) is 5.11 Å². The van der Waals surface area contributed by atoms with Crippen LogP contribution in [0.15, 0.2) is 0 Å². The van der Waals surface area contributed by atoms with E-state index in [1.165, 1.54) is 11.8 Å². The molecule has 1 atom stereocenters. The van der Waals surface area contributed by atoms with Crippen molar-refractivity contribution in [2.24, 2.45) is 0 Å². The van der Waals surface area contributed by atoms with E-state index in [9.17, 15) is 9.59 Å². The first kappa shape index (κ1) is 15.3. The zero-order valence-electron chi connectivity index (χ0n) is 10.6. The highest BCUT2D eigenvalue weighted by molar-refractivity contribution is 8.02. The Morgan fingerprint density at radius 1 is 1.31 bits per heavy atom. The van der Waals surface area contributed by atoms with Gasteiger partial charge in [-0.2, -0.15) is 0 Å². The lowest BCUT2D eigenvalue weighted by atomic mass is 10.2. The van der Waals surface area contributed by atoms with Crippen LogP contribution in [0, 0.1) is 0 Å². The topological polar surface area (TPSA) is 57.6 Å². The van der Waals surface area contributed by atoms with Crippen molar-refractivity contribution in [3.05, 3.63) is 0 Å². The molecule has 0 saturated carbocycles. The number of hydrogen-bond donors (Lipinski definition) is 1. The maximum absolute atomic E-state index is 11.9. The number of amides is 1. The smallest absolute Gasteiger partial charge is 0.319 e. The highest BCUT2D eigenvalue weighted by Gasteiger charge is 2.33. The molecule has 0 aliphatic heterocycles. The first-order valence-corrected chi connectivity index (χ1v) is 6.34. The largest absolute Gasteiger partial charge is 0.480 e. The zero-order chi connectivity index (χ0) is 12.9. The van der Waals surface area contributed by atoms with Crippen molar-refractivity contribution < 1.29 is 14.7 Å². The van der Waals surface area contributed by atoms with E-state index in [-0.39, 0.29) is 11.2 Å². The molecule has 0 heterocycles. The van der Waals surface area contributed by atoms with Crippen LogP contribution in [-0.2, 0) is 9.59 Å². The summed E-state index contributed by atoms with van der Waals surface area (Å²) in [6, 6.07) is 0. The Labute approximate surface area is 101 Å². The second kappa shape index (κ2) is 6.13. The molecule has 0 rings (SSSR count). The minimum Gasteiger partial charge on any atom is -0.480 e. The molecule has 0 fully saturated rings. The van der Waals surface area contributed by atoms with Gasteiger partial charge in [-0.05, 0) is 34.6 Å². The Hall–Kier alpha value is -0.710. The van der Waals surface area contributed by atoms with Gasteiger partial charge in [0.05, 0.1) is 5.25 Å². The quantitative estimate of drug-likeness (QED) is 0.778. The van der Waals surface area contributed by atoms with Gasteiger partial charge in [0.25, 0.3) is 0 Å². The van der Waals surface area contributed by atoms with E-state index < -0.39 is 10.7 Å². The average molecular weight is 247 g/mol. The lowest BCUT2D eigenvalue weighted by molar-refractivity contribution is -0.138. The summed E-state index contributed by atoms with van der Waals surface area (Å²) in [6.45, 7) is 10.2. The Kier molecular flexibility index (Phi) is 5.86. The number of aliphatic carboxylic acids is 1. The number of nitrogens with zero attached hydrogens (tertiary/aromatic N) is 1.